The van der Waals surface area contributed by atoms with Gasteiger partial charge in [0.1, 0.15) is 0 Å². The molecule has 1 atom stereocenters. The molecule has 2 nitrogen and oxygen atoms in total. The fourth-order valence-corrected chi connectivity index (χ4v) is 1.97. The second kappa shape index (κ2) is 4.11. The number of β-amino-alcohol motifs (C(OH)–C–C–N with tert-alkyl or cyclic N) is 1. The smallest absolute Gasteiger partial charge is 0.0786 e. The monoisotopic (exact) mass is 191 g/mol. The quantitative estimate of drug-likeness (QED) is 0.755. The van der Waals surface area contributed by atoms with Crippen molar-refractivity contribution in [2.75, 3.05) is 13.1 Å². The van der Waals surface area contributed by atoms with E-state index in [9.17, 15) is 5.11 Å². The van der Waals surface area contributed by atoms with E-state index in [-0.39, 0.29) is 0 Å². The molecule has 14 heavy (non-hydrogen) atoms. The molecule has 0 bridgehead atoms. The maximum Gasteiger partial charge on any atom is 0.0786 e. The van der Waals surface area contributed by atoms with E-state index in [1.165, 1.54) is 5.56 Å². The Morgan fingerprint density at radius 3 is 2.71 bits per heavy atom. The lowest BCUT2D eigenvalue weighted by molar-refractivity contribution is 0.0526. The summed E-state index contributed by atoms with van der Waals surface area (Å²) >= 11 is 0. The van der Waals surface area contributed by atoms with Gasteiger partial charge in [-0.3, -0.25) is 0 Å². The van der Waals surface area contributed by atoms with Crippen LogP contribution in [0, 0.1) is 0 Å². The zero-order chi connectivity index (χ0) is 9.86. The third kappa shape index (κ3) is 2.34. The van der Waals surface area contributed by atoms with Crippen LogP contribution in [-0.4, -0.2) is 23.8 Å². The summed E-state index contributed by atoms with van der Waals surface area (Å²) in [5.41, 5.74) is 0.850. The molecule has 0 spiro atoms. The molecule has 1 heterocycles. The number of hydrogen-bond acceptors (Lipinski definition) is 2. The summed E-state index contributed by atoms with van der Waals surface area (Å²) in [5.74, 6) is 0. The fourth-order valence-electron chi connectivity index (χ4n) is 1.97. The van der Waals surface area contributed by atoms with Gasteiger partial charge in [0.05, 0.1) is 5.60 Å². The molecule has 0 aliphatic carbocycles. The topological polar surface area (TPSA) is 32.3 Å². The molecule has 1 aliphatic rings. The molecule has 0 radical (unpaired) electrons. The van der Waals surface area contributed by atoms with Crippen LogP contribution in [0.5, 0.6) is 0 Å². The van der Waals surface area contributed by atoms with Crippen LogP contribution < -0.4 is 5.32 Å². The van der Waals surface area contributed by atoms with Crippen molar-refractivity contribution < 1.29 is 5.11 Å². The second-order valence-electron chi connectivity index (χ2n) is 4.14. The van der Waals surface area contributed by atoms with E-state index in [2.05, 4.69) is 17.4 Å². The summed E-state index contributed by atoms with van der Waals surface area (Å²) in [6.07, 6.45) is 2.73. The first-order chi connectivity index (χ1) is 6.79. The number of rotatable bonds is 3. The molecule has 0 aromatic heterocycles. The van der Waals surface area contributed by atoms with Crippen molar-refractivity contribution in [3.63, 3.8) is 0 Å². The van der Waals surface area contributed by atoms with Crippen molar-refractivity contribution in [3.8, 4) is 0 Å². The Bertz CT molecular complexity index is 278. The van der Waals surface area contributed by atoms with Crippen molar-refractivity contribution in [2.45, 2.75) is 24.9 Å². The highest BCUT2D eigenvalue weighted by atomic mass is 16.3. The van der Waals surface area contributed by atoms with E-state index in [0.29, 0.717) is 0 Å². The third-order valence-electron chi connectivity index (χ3n) is 2.94. The molecular formula is C12H17NO. The first kappa shape index (κ1) is 9.69. The minimum absolute atomic E-state index is 0.462. The summed E-state index contributed by atoms with van der Waals surface area (Å²) in [5, 5.41) is 13.3. The lowest BCUT2D eigenvalue weighted by atomic mass is 9.94. The van der Waals surface area contributed by atoms with Crippen LogP contribution in [0.3, 0.4) is 0 Å². The molecule has 2 heteroatoms. The largest absolute Gasteiger partial charge is 0.389 e. The molecule has 76 valence electrons. The predicted octanol–water partition coefficient (Wildman–Crippen LogP) is 1.34. The van der Waals surface area contributed by atoms with Crippen molar-refractivity contribution in [1.29, 1.82) is 0 Å². The average molecular weight is 191 g/mol. The Morgan fingerprint density at radius 1 is 1.29 bits per heavy atom. The van der Waals surface area contributed by atoms with Gasteiger partial charge in [0.2, 0.25) is 0 Å². The predicted molar refractivity (Wildman–Crippen MR) is 57.2 cm³/mol. The van der Waals surface area contributed by atoms with Gasteiger partial charge in [-0.1, -0.05) is 30.3 Å². The highest BCUT2D eigenvalue weighted by Crippen LogP contribution is 2.20. The summed E-state index contributed by atoms with van der Waals surface area (Å²) in [4.78, 5) is 0. The van der Waals surface area contributed by atoms with Gasteiger partial charge in [-0.05, 0) is 31.4 Å². The van der Waals surface area contributed by atoms with Crippen molar-refractivity contribution >= 4 is 0 Å². The van der Waals surface area contributed by atoms with Crippen LogP contribution in [0.25, 0.3) is 0 Å². The summed E-state index contributed by atoms with van der Waals surface area (Å²) in [6, 6.07) is 10.4. The Balaban J connectivity index is 1.88. The second-order valence-corrected chi connectivity index (χ2v) is 4.14. The van der Waals surface area contributed by atoms with E-state index in [1.807, 2.05) is 18.2 Å². The lowest BCUT2D eigenvalue weighted by Gasteiger charge is -2.20. The normalized spacial score (nSPS) is 26.6. The number of hydrogen-bond donors (Lipinski definition) is 2. The van der Waals surface area contributed by atoms with Gasteiger partial charge in [0, 0.05) is 6.54 Å². The minimum Gasteiger partial charge on any atom is -0.389 e. The Labute approximate surface area is 85.0 Å². The summed E-state index contributed by atoms with van der Waals surface area (Å²) in [6.45, 7) is 1.70. The van der Waals surface area contributed by atoms with Crippen molar-refractivity contribution in [1.82, 2.24) is 5.32 Å². The molecule has 1 aromatic rings. The molecule has 2 N–H and O–H groups in total. The van der Waals surface area contributed by atoms with Crippen LogP contribution >= 0.6 is 0 Å². The zero-order valence-corrected chi connectivity index (χ0v) is 8.37. The lowest BCUT2D eigenvalue weighted by Crippen LogP contribution is -2.31. The van der Waals surface area contributed by atoms with Crippen LogP contribution in [0.1, 0.15) is 18.4 Å². The maximum absolute atomic E-state index is 10.1. The molecule has 0 amide bonds. The van der Waals surface area contributed by atoms with Crippen LogP contribution in [-0.2, 0) is 6.42 Å². The molecule has 1 aliphatic heterocycles. The molecule has 1 saturated heterocycles. The van der Waals surface area contributed by atoms with Crippen molar-refractivity contribution in [2.24, 2.45) is 0 Å². The molecular weight excluding hydrogens is 174 g/mol. The Morgan fingerprint density at radius 2 is 2.07 bits per heavy atom. The van der Waals surface area contributed by atoms with Gasteiger partial charge in [0.15, 0.2) is 0 Å². The summed E-state index contributed by atoms with van der Waals surface area (Å²) < 4.78 is 0. The van der Waals surface area contributed by atoms with Gasteiger partial charge in [-0.2, -0.15) is 0 Å². The molecule has 2 rings (SSSR count). The standard InChI is InChI=1S/C12H17NO/c14-12(8-9-13-10-12)7-6-11-4-2-1-3-5-11/h1-5,13-14H,6-10H2. The van der Waals surface area contributed by atoms with Gasteiger partial charge in [-0.15, -0.1) is 0 Å². The number of aliphatic hydroxyl groups is 1. The molecule has 1 unspecified atom stereocenters. The molecule has 0 saturated carbocycles. The summed E-state index contributed by atoms with van der Waals surface area (Å²) in [7, 11) is 0. The number of nitrogens with one attached hydrogen (secondary N) is 1. The number of aryl methyl sites for hydroxylation is 1. The van der Waals surface area contributed by atoms with Crippen molar-refractivity contribution in [3.05, 3.63) is 35.9 Å². The molecule has 1 aromatic carbocycles. The first-order valence-corrected chi connectivity index (χ1v) is 5.26. The van der Waals surface area contributed by atoms with E-state index < -0.39 is 5.60 Å². The van der Waals surface area contributed by atoms with E-state index in [4.69, 9.17) is 0 Å². The number of benzene rings is 1. The van der Waals surface area contributed by atoms with Crippen LogP contribution in [0.2, 0.25) is 0 Å². The van der Waals surface area contributed by atoms with E-state index in [1.54, 1.807) is 0 Å². The Hall–Kier alpha value is -0.860. The fraction of sp³-hybridized carbons (Fsp3) is 0.500. The Kier molecular flexibility index (Phi) is 2.85. The maximum atomic E-state index is 10.1. The SMILES string of the molecule is OC1(CCc2ccccc2)CCNC1. The van der Waals surface area contributed by atoms with Gasteiger partial charge < -0.3 is 10.4 Å². The molecule has 1 fully saturated rings. The highest BCUT2D eigenvalue weighted by Gasteiger charge is 2.30. The van der Waals surface area contributed by atoms with Gasteiger partial charge >= 0.3 is 0 Å². The van der Waals surface area contributed by atoms with Crippen LogP contribution in [0.4, 0.5) is 0 Å². The highest BCUT2D eigenvalue weighted by molar-refractivity contribution is 5.15. The minimum atomic E-state index is -0.462. The van der Waals surface area contributed by atoms with E-state index in [0.717, 1.165) is 32.4 Å². The average Bonchev–Trinajstić information content (AvgIpc) is 2.65. The van der Waals surface area contributed by atoms with Gasteiger partial charge in [-0.25, -0.2) is 0 Å². The van der Waals surface area contributed by atoms with Gasteiger partial charge in [0.25, 0.3) is 0 Å². The van der Waals surface area contributed by atoms with Crippen LogP contribution in [0.15, 0.2) is 30.3 Å². The first-order valence-electron chi connectivity index (χ1n) is 5.26. The third-order valence-corrected chi connectivity index (χ3v) is 2.94. The zero-order valence-electron chi connectivity index (χ0n) is 8.37. The van der Waals surface area contributed by atoms with E-state index >= 15 is 0 Å².